The van der Waals surface area contributed by atoms with E-state index in [1.165, 1.54) is 0 Å². The summed E-state index contributed by atoms with van der Waals surface area (Å²) in [5.41, 5.74) is 2.82. The average Bonchev–Trinajstić information content (AvgIpc) is 3.19. The third-order valence-electron chi connectivity index (χ3n) is 7.70. The van der Waals surface area contributed by atoms with Crippen molar-refractivity contribution in [3.8, 4) is 11.8 Å². The lowest BCUT2D eigenvalue weighted by Crippen LogP contribution is -2.43. The topological polar surface area (TPSA) is 94.8 Å². The Labute approximate surface area is 228 Å². The highest BCUT2D eigenvalue weighted by molar-refractivity contribution is 5.82. The Bertz CT molecular complexity index is 1320. The predicted octanol–water partition coefficient (Wildman–Crippen LogP) is 3.44. The van der Waals surface area contributed by atoms with Gasteiger partial charge >= 0.3 is 12.0 Å². The molecule has 2 unspecified atom stereocenters. The second-order valence-corrected chi connectivity index (χ2v) is 10.3. The largest absolute Gasteiger partial charge is 0.467 e. The fourth-order valence-corrected chi connectivity index (χ4v) is 5.62. The number of nitrogens with zero attached hydrogens (tertiary/aromatic N) is 6. The lowest BCUT2D eigenvalue weighted by molar-refractivity contribution is -0.145. The molecule has 0 amide bonds. The number of halogens is 1. The number of rotatable bonds is 7. The third kappa shape index (κ3) is 5.84. The van der Waals surface area contributed by atoms with Gasteiger partial charge in [-0.25, -0.2) is 9.07 Å². The van der Waals surface area contributed by atoms with Crippen molar-refractivity contribution >= 4 is 22.7 Å². The molecular formula is C28H37FN6O4. The van der Waals surface area contributed by atoms with Crippen LogP contribution in [0.25, 0.3) is 16.7 Å². The van der Waals surface area contributed by atoms with Crippen molar-refractivity contribution in [2.24, 2.45) is 0 Å². The van der Waals surface area contributed by atoms with Gasteiger partial charge in [0.2, 0.25) is 0 Å². The molecule has 0 radical (unpaired) electrons. The van der Waals surface area contributed by atoms with Crippen LogP contribution in [0.1, 0.15) is 43.7 Å². The molecule has 2 aliphatic rings. The first-order valence-corrected chi connectivity index (χ1v) is 13.7. The SMILES string of the molecule is CCOC(=O)CN1CCC(c2cc3c(cnn3-c3cc(N4CCOCC[C@@H]4C)nc(OC)n3)cc2C)C(F)C1. The van der Waals surface area contributed by atoms with Gasteiger partial charge in [-0.15, -0.1) is 0 Å². The van der Waals surface area contributed by atoms with Crippen molar-refractivity contribution in [3.05, 3.63) is 35.5 Å². The maximum absolute atomic E-state index is 15.5. The summed E-state index contributed by atoms with van der Waals surface area (Å²) in [6.07, 6.45) is 2.22. The van der Waals surface area contributed by atoms with Crippen LogP contribution < -0.4 is 9.64 Å². The molecule has 3 atom stereocenters. The minimum absolute atomic E-state index is 0.116. The number of hydrogen-bond donors (Lipinski definition) is 0. The molecule has 2 fully saturated rings. The summed E-state index contributed by atoms with van der Waals surface area (Å²) in [5, 5.41) is 5.59. The molecule has 3 aromatic rings. The fraction of sp³-hybridized carbons (Fsp3) is 0.571. The maximum Gasteiger partial charge on any atom is 0.320 e. The van der Waals surface area contributed by atoms with Crippen molar-refractivity contribution in [1.29, 1.82) is 0 Å². The molecule has 0 saturated carbocycles. The molecule has 2 saturated heterocycles. The number of methoxy groups -OCH3 is 1. The zero-order chi connectivity index (χ0) is 27.5. The molecule has 4 heterocycles. The Morgan fingerprint density at radius 2 is 1.97 bits per heavy atom. The normalized spacial score (nSPS) is 22.6. The Hall–Kier alpha value is -3.31. The van der Waals surface area contributed by atoms with E-state index in [1.54, 1.807) is 24.9 Å². The number of benzene rings is 1. The van der Waals surface area contributed by atoms with E-state index in [2.05, 4.69) is 33.0 Å². The molecule has 11 heteroatoms. The number of ether oxygens (including phenoxy) is 3. The summed E-state index contributed by atoms with van der Waals surface area (Å²) in [5.74, 6) is 0.750. The number of anilines is 1. The first-order chi connectivity index (χ1) is 18.9. The summed E-state index contributed by atoms with van der Waals surface area (Å²) in [4.78, 5) is 25.2. The molecule has 0 aliphatic carbocycles. The van der Waals surface area contributed by atoms with Gasteiger partial charge in [0.05, 0.1) is 38.6 Å². The van der Waals surface area contributed by atoms with Gasteiger partial charge in [-0.05, 0) is 63.4 Å². The van der Waals surface area contributed by atoms with E-state index in [1.807, 2.05) is 24.0 Å². The zero-order valence-electron chi connectivity index (χ0n) is 23.1. The Morgan fingerprint density at radius 1 is 1.15 bits per heavy atom. The van der Waals surface area contributed by atoms with Gasteiger partial charge in [0, 0.05) is 43.1 Å². The van der Waals surface area contributed by atoms with Crippen molar-refractivity contribution in [2.75, 3.05) is 58.0 Å². The minimum Gasteiger partial charge on any atom is -0.467 e. The minimum atomic E-state index is -1.10. The van der Waals surface area contributed by atoms with Gasteiger partial charge in [0.1, 0.15) is 12.0 Å². The summed E-state index contributed by atoms with van der Waals surface area (Å²) in [7, 11) is 1.55. The van der Waals surface area contributed by atoms with Crippen LogP contribution in [0.4, 0.5) is 10.2 Å². The standard InChI is InChI=1S/C28H37FN6O4/c1-5-39-27(36)17-33-8-6-21(23(29)16-33)22-13-24-20(12-18(22)2)15-30-35(24)26-14-25(31-28(32-26)37-4)34-9-11-38-10-7-19(34)3/h12-15,19,21,23H,5-11,16-17H2,1-4H3/t19-,21?,23?/m0/s1. The number of carbonyl (C=O) groups excluding carboxylic acids is 1. The van der Waals surface area contributed by atoms with E-state index in [0.717, 1.165) is 47.4 Å². The third-order valence-corrected chi connectivity index (χ3v) is 7.70. The Morgan fingerprint density at radius 3 is 2.74 bits per heavy atom. The van der Waals surface area contributed by atoms with Gasteiger partial charge < -0.3 is 19.1 Å². The summed E-state index contributed by atoms with van der Waals surface area (Å²) >= 11 is 0. The van der Waals surface area contributed by atoms with Crippen LogP contribution in [-0.4, -0.2) is 95.9 Å². The number of aromatic nitrogens is 4. The van der Waals surface area contributed by atoms with E-state index in [0.29, 0.717) is 32.0 Å². The summed E-state index contributed by atoms with van der Waals surface area (Å²) in [6, 6.07) is 6.52. The fourth-order valence-electron chi connectivity index (χ4n) is 5.62. The lowest BCUT2D eigenvalue weighted by atomic mass is 9.85. The number of piperidine rings is 1. The van der Waals surface area contributed by atoms with Crippen molar-refractivity contribution in [2.45, 2.75) is 51.7 Å². The number of fused-ring (bicyclic) bond motifs is 1. The average molecular weight is 541 g/mol. The molecule has 2 aliphatic heterocycles. The van der Waals surface area contributed by atoms with Crippen LogP contribution in [0.2, 0.25) is 0 Å². The smallest absolute Gasteiger partial charge is 0.320 e. The molecule has 0 bridgehead atoms. The number of carbonyl (C=O) groups is 1. The molecule has 1 aromatic carbocycles. The highest BCUT2D eigenvalue weighted by atomic mass is 19.1. The maximum atomic E-state index is 15.5. The first kappa shape index (κ1) is 27.3. The van der Waals surface area contributed by atoms with E-state index in [4.69, 9.17) is 14.2 Å². The van der Waals surface area contributed by atoms with E-state index in [-0.39, 0.29) is 37.0 Å². The van der Waals surface area contributed by atoms with Crippen molar-refractivity contribution in [1.82, 2.24) is 24.6 Å². The van der Waals surface area contributed by atoms with E-state index < -0.39 is 6.17 Å². The quantitative estimate of drug-likeness (QED) is 0.418. The molecule has 39 heavy (non-hydrogen) atoms. The molecular weight excluding hydrogens is 503 g/mol. The number of esters is 1. The predicted molar refractivity (Wildman–Crippen MR) is 146 cm³/mol. The van der Waals surface area contributed by atoms with E-state index >= 15 is 4.39 Å². The van der Waals surface area contributed by atoms with Gasteiger partial charge in [-0.3, -0.25) is 9.69 Å². The monoisotopic (exact) mass is 540 g/mol. The van der Waals surface area contributed by atoms with Crippen LogP contribution in [0.3, 0.4) is 0 Å². The first-order valence-electron chi connectivity index (χ1n) is 13.7. The van der Waals surface area contributed by atoms with E-state index in [9.17, 15) is 4.79 Å². The van der Waals surface area contributed by atoms with Crippen molar-refractivity contribution < 1.29 is 23.4 Å². The molecule has 2 aromatic heterocycles. The Balaban J connectivity index is 1.46. The van der Waals surface area contributed by atoms with Crippen LogP contribution in [0.15, 0.2) is 24.4 Å². The second-order valence-electron chi connectivity index (χ2n) is 10.3. The Kier molecular flexibility index (Phi) is 8.27. The number of alkyl halides is 1. The molecule has 210 valence electrons. The van der Waals surface area contributed by atoms with Crippen LogP contribution in [0, 0.1) is 6.92 Å². The molecule has 5 rings (SSSR count). The van der Waals surface area contributed by atoms with Gasteiger partial charge in [0.25, 0.3) is 0 Å². The second kappa shape index (κ2) is 11.8. The van der Waals surface area contributed by atoms with Crippen LogP contribution in [-0.2, 0) is 14.3 Å². The van der Waals surface area contributed by atoms with Crippen LogP contribution >= 0.6 is 0 Å². The summed E-state index contributed by atoms with van der Waals surface area (Å²) < 4.78 is 33.4. The van der Waals surface area contributed by atoms with Gasteiger partial charge in [-0.2, -0.15) is 15.1 Å². The number of hydrogen-bond acceptors (Lipinski definition) is 9. The number of likely N-dealkylation sites (tertiary alicyclic amines) is 1. The molecule has 10 nitrogen and oxygen atoms in total. The van der Waals surface area contributed by atoms with Crippen molar-refractivity contribution in [3.63, 3.8) is 0 Å². The highest BCUT2D eigenvalue weighted by Crippen LogP contribution is 2.35. The highest BCUT2D eigenvalue weighted by Gasteiger charge is 2.33. The molecule has 0 spiro atoms. The number of aryl methyl sites for hydroxylation is 1. The van der Waals surface area contributed by atoms with Gasteiger partial charge in [0.15, 0.2) is 5.82 Å². The van der Waals surface area contributed by atoms with Crippen LogP contribution in [0.5, 0.6) is 6.01 Å². The van der Waals surface area contributed by atoms with Gasteiger partial charge in [-0.1, -0.05) is 0 Å². The zero-order valence-corrected chi connectivity index (χ0v) is 23.1. The summed E-state index contributed by atoms with van der Waals surface area (Å²) in [6.45, 7) is 9.28. The lowest BCUT2D eigenvalue weighted by Gasteiger charge is -2.35. The molecule has 0 N–H and O–H groups in total.